The first-order valence-corrected chi connectivity index (χ1v) is 4.25. The van der Waals surface area contributed by atoms with Crippen LogP contribution in [0.2, 0.25) is 0 Å². The minimum atomic E-state index is 0.190. The zero-order chi connectivity index (χ0) is 9.68. The van der Waals surface area contributed by atoms with Crippen LogP contribution in [0, 0.1) is 18.3 Å². The molecule has 1 N–H and O–H groups in total. The van der Waals surface area contributed by atoms with E-state index in [1.165, 1.54) is 0 Å². The van der Waals surface area contributed by atoms with Crippen molar-refractivity contribution >= 4 is 0 Å². The van der Waals surface area contributed by atoms with Gasteiger partial charge in [-0.3, -0.25) is 0 Å². The van der Waals surface area contributed by atoms with Crippen LogP contribution in [0.25, 0.3) is 0 Å². The fourth-order valence-electron chi connectivity index (χ4n) is 0.984. The number of aryl methyl sites for hydroxylation is 1. The number of hydrogen-bond acceptors (Lipinski definition) is 4. The Hall–Kier alpha value is -1.34. The first-order valence-electron chi connectivity index (χ1n) is 4.25. The normalized spacial score (nSPS) is 12.4. The molecule has 13 heavy (non-hydrogen) atoms. The Kier molecular flexibility index (Phi) is 3.47. The minimum Gasteiger partial charge on any atom is -0.360 e. The van der Waals surface area contributed by atoms with Gasteiger partial charge >= 0.3 is 0 Å². The van der Waals surface area contributed by atoms with Gasteiger partial charge in [0.25, 0.3) is 0 Å². The first-order chi connectivity index (χ1) is 6.22. The molecule has 0 aliphatic rings. The van der Waals surface area contributed by atoms with Crippen molar-refractivity contribution in [1.82, 2.24) is 10.5 Å². The zero-order valence-electron chi connectivity index (χ0n) is 7.87. The summed E-state index contributed by atoms with van der Waals surface area (Å²) in [6.45, 7) is 4.47. The van der Waals surface area contributed by atoms with Crippen LogP contribution in [0.5, 0.6) is 0 Å². The third kappa shape index (κ3) is 3.26. The highest BCUT2D eigenvalue weighted by Gasteiger charge is 2.03. The topological polar surface area (TPSA) is 61.9 Å². The van der Waals surface area contributed by atoms with E-state index in [1.54, 1.807) is 0 Å². The van der Waals surface area contributed by atoms with E-state index in [2.05, 4.69) is 16.5 Å². The van der Waals surface area contributed by atoms with Crippen LogP contribution in [-0.4, -0.2) is 11.2 Å². The summed E-state index contributed by atoms with van der Waals surface area (Å²) in [5, 5.41) is 15.3. The summed E-state index contributed by atoms with van der Waals surface area (Å²) in [4.78, 5) is 0. The van der Waals surface area contributed by atoms with Crippen LogP contribution in [-0.2, 0) is 6.54 Å². The number of nitriles is 1. The Morgan fingerprint density at radius 3 is 3.08 bits per heavy atom. The highest BCUT2D eigenvalue weighted by Crippen LogP contribution is 2.02. The summed E-state index contributed by atoms with van der Waals surface area (Å²) in [7, 11) is 0. The van der Waals surface area contributed by atoms with E-state index in [-0.39, 0.29) is 6.04 Å². The molecule has 0 bridgehead atoms. The molecule has 0 aliphatic heterocycles. The average molecular weight is 179 g/mol. The van der Waals surface area contributed by atoms with Crippen molar-refractivity contribution < 1.29 is 4.52 Å². The lowest BCUT2D eigenvalue weighted by molar-refractivity contribution is 0.362. The maximum atomic E-state index is 8.41. The van der Waals surface area contributed by atoms with Crippen LogP contribution in [0.15, 0.2) is 10.6 Å². The number of hydrogen-bond donors (Lipinski definition) is 1. The molecule has 4 heteroatoms. The highest BCUT2D eigenvalue weighted by atomic mass is 16.5. The molecule has 0 aliphatic carbocycles. The predicted molar refractivity (Wildman–Crippen MR) is 47.8 cm³/mol. The monoisotopic (exact) mass is 179 g/mol. The van der Waals surface area contributed by atoms with Gasteiger partial charge in [-0.1, -0.05) is 5.16 Å². The molecule has 1 rings (SSSR count). The van der Waals surface area contributed by atoms with E-state index in [4.69, 9.17) is 9.78 Å². The number of nitrogens with zero attached hydrogens (tertiary/aromatic N) is 2. The maximum absolute atomic E-state index is 8.41. The fourth-order valence-corrected chi connectivity index (χ4v) is 0.984. The number of rotatable bonds is 4. The molecule has 0 saturated carbocycles. The second-order valence-corrected chi connectivity index (χ2v) is 3.08. The maximum Gasteiger partial charge on any atom is 0.150 e. The van der Waals surface area contributed by atoms with Gasteiger partial charge in [-0.05, 0) is 13.8 Å². The molecule has 1 aromatic rings. The van der Waals surface area contributed by atoms with E-state index in [0.717, 1.165) is 11.5 Å². The Morgan fingerprint density at radius 2 is 2.54 bits per heavy atom. The Bertz CT molecular complexity index is 300. The number of aromatic nitrogens is 1. The number of nitrogens with one attached hydrogen (secondary N) is 1. The fraction of sp³-hybridized carbons (Fsp3) is 0.556. The lowest BCUT2D eigenvalue weighted by Gasteiger charge is -2.06. The van der Waals surface area contributed by atoms with Crippen molar-refractivity contribution in [3.63, 3.8) is 0 Å². The molecule has 1 heterocycles. The molecule has 70 valence electrons. The van der Waals surface area contributed by atoms with Gasteiger partial charge in [-0.25, -0.2) is 0 Å². The highest BCUT2D eigenvalue weighted by molar-refractivity contribution is 5.02. The van der Waals surface area contributed by atoms with E-state index in [9.17, 15) is 0 Å². The van der Waals surface area contributed by atoms with Gasteiger partial charge in [0.2, 0.25) is 0 Å². The van der Waals surface area contributed by atoms with Crippen LogP contribution in [0.3, 0.4) is 0 Å². The smallest absolute Gasteiger partial charge is 0.150 e. The van der Waals surface area contributed by atoms with Gasteiger partial charge in [-0.2, -0.15) is 5.26 Å². The lowest BCUT2D eigenvalue weighted by Crippen LogP contribution is -2.24. The third-order valence-electron chi connectivity index (χ3n) is 1.70. The summed E-state index contributed by atoms with van der Waals surface area (Å²) >= 11 is 0. The van der Waals surface area contributed by atoms with Gasteiger partial charge in [0.15, 0.2) is 5.76 Å². The molecule has 0 amide bonds. The predicted octanol–water partition coefficient (Wildman–Crippen LogP) is 1.37. The van der Waals surface area contributed by atoms with Gasteiger partial charge in [0, 0.05) is 12.1 Å². The zero-order valence-corrected chi connectivity index (χ0v) is 7.87. The van der Waals surface area contributed by atoms with E-state index in [1.807, 2.05) is 19.9 Å². The first kappa shape index (κ1) is 9.75. The third-order valence-corrected chi connectivity index (χ3v) is 1.70. The van der Waals surface area contributed by atoms with E-state index in [0.29, 0.717) is 13.0 Å². The van der Waals surface area contributed by atoms with Gasteiger partial charge in [0.05, 0.1) is 24.7 Å². The summed E-state index contributed by atoms with van der Waals surface area (Å²) in [5.74, 6) is 0.808. The van der Waals surface area contributed by atoms with E-state index >= 15 is 0 Å². The molecule has 1 aromatic heterocycles. The summed E-state index contributed by atoms with van der Waals surface area (Å²) in [5.41, 5.74) is 0.879. The van der Waals surface area contributed by atoms with E-state index < -0.39 is 0 Å². The second-order valence-electron chi connectivity index (χ2n) is 3.08. The summed E-state index contributed by atoms with van der Waals surface area (Å²) in [6, 6.07) is 4.17. The van der Waals surface area contributed by atoms with Gasteiger partial charge in [-0.15, -0.1) is 0 Å². The van der Waals surface area contributed by atoms with Crippen LogP contribution < -0.4 is 5.32 Å². The lowest BCUT2D eigenvalue weighted by atomic mass is 10.2. The molecule has 1 atom stereocenters. The SMILES string of the molecule is Cc1cc(CNC(C)CC#N)on1. The molecule has 1 unspecified atom stereocenters. The summed E-state index contributed by atoms with van der Waals surface area (Å²) in [6.07, 6.45) is 0.507. The molecule has 0 spiro atoms. The van der Waals surface area contributed by atoms with Gasteiger partial charge in [0.1, 0.15) is 0 Å². The Balaban J connectivity index is 2.31. The van der Waals surface area contributed by atoms with Crippen LogP contribution in [0.1, 0.15) is 24.8 Å². The van der Waals surface area contributed by atoms with Crippen molar-refractivity contribution in [2.75, 3.05) is 0 Å². The second kappa shape index (κ2) is 4.63. The molecular weight excluding hydrogens is 166 g/mol. The molecule has 0 radical (unpaired) electrons. The molecule has 0 fully saturated rings. The largest absolute Gasteiger partial charge is 0.360 e. The quantitative estimate of drug-likeness (QED) is 0.758. The van der Waals surface area contributed by atoms with Crippen molar-refractivity contribution in [1.29, 1.82) is 5.26 Å². The van der Waals surface area contributed by atoms with Crippen LogP contribution in [0.4, 0.5) is 0 Å². The Labute approximate surface area is 77.5 Å². The van der Waals surface area contributed by atoms with Crippen molar-refractivity contribution in [3.05, 3.63) is 17.5 Å². The van der Waals surface area contributed by atoms with Gasteiger partial charge < -0.3 is 9.84 Å². The Morgan fingerprint density at radius 1 is 1.77 bits per heavy atom. The standard InChI is InChI=1S/C9H13N3O/c1-7(3-4-10)11-6-9-5-8(2)12-13-9/h5,7,11H,3,6H2,1-2H3. The molecule has 0 aromatic carbocycles. The van der Waals surface area contributed by atoms with Crippen molar-refractivity contribution in [3.8, 4) is 6.07 Å². The molecule has 4 nitrogen and oxygen atoms in total. The van der Waals surface area contributed by atoms with Crippen LogP contribution >= 0.6 is 0 Å². The average Bonchev–Trinajstić information content (AvgIpc) is 2.49. The molecule has 0 saturated heterocycles. The minimum absolute atomic E-state index is 0.190. The molecular formula is C9H13N3O. The van der Waals surface area contributed by atoms with Crippen molar-refractivity contribution in [2.24, 2.45) is 0 Å². The summed E-state index contributed by atoms with van der Waals surface area (Å²) < 4.78 is 5.00. The van der Waals surface area contributed by atoms with Crippen molar-refractivity contribution in [2.45, 2.75) is 32.9 Å².